The maximum absolute atomic E-state index is 12.0. The van der Waals surface area contributed by atoms with Gasteiger partial charge in [-0.3, -0.25) is 5.32 Å². The van der Waals surface area contributed by atoms with Crippen LogP contribution in [0.15, 0.2) is 59.6 Å². The van der Waals surface area contributed by atoms with E-state index < -0.39 is 17.7 Å². The van der Waals surface area contributed by atoms with Crippen LogP contribution in [0.1, 0.15) is 5.56 Å². The van der Waals surface area contributed by atoms with Crippen LogP contribution in [0.2, 0.25) is 0 Å². The lowest BCUT2D eigenvalue weighted by molar-refractivity contribution is -0.158. The lowest BCUT2D eigenvalue weighted by Gasteiger charge is -2.31. The number of hydrogen-bond acceptors (Lipinski definition) is 4. The average Bonchev–Trinajstić information content (AvgIpc) is 2.54. The Balaban J connectivity index is 2.59. The lowest BCUT2D eigenvalue weighted by Crippen LogP contribution is -2.57. The summed E-state index contributed by atoms with van der Waals surface area (Å²) in [6, 6.07) is 12.9. The van der Waals surface area contributed by atoms with Gasteiger partial charge in [0, 0.05) is 5.56 Å². The monoisotopic (exact) mass is 343 g/mol. The second-order valence-corrected chi connectivity index (χ2v) is 4.98. The van der Waals surface area contributed by atoms with Gasteiger partial charge in [0.05, 0.1) is 5.69 Å². The Morgan fingerprint density at radius 3 is 2.28 bits per heavy atom. The maximum atomic E-state index is 12.0. The van der Waals surface area contributed by atoms with Crippen LogP contribution in [0.3, 0.4) is 0 Å². The van der Waals surface area contributed by atoms with E-state index in [4.69, 9.17) is 21.9 Å². The number of carbonyl (C=O) groups excluding carboxylic acids is 1. The zero-order valence-electron chi connectivity index (χ0n) is 13.0. The van der Waals surface area contributed by atoms with Gasteiger partial charge in [-0.15, -0.1) is 0 Å². The Hall–Kier alpha value is -3.75. The molecule has 0 aliphatic carbocycles. The number of guanidine groups is 1. The van der Waals surface area contributed by atoms with E-state index >= 15 is 0 Å². The van der Waals surface area contributed by atoms with Crippen molar-refractivity contribution in [3.8, 4) is 5.75 Å². The minimum absolute atomic E-state index is 0.0742. The molecular formula is C16H17N5O4. The number of para-hydroxylation sites is 1. The number of ether oxygens (including phenoxy) is 1. The number of primary amides is 1. The molecule has 0 heterocycles. The summed E-state index contributed by atoms with van der Waals surface area (Å²) in [7, 11) is 0. The van der Waals surface area contributed by atoms with Crippen molar-refractivity contribution in [1.82, 2.24) is 5.32 Å². The summed E-state index contributed by atoms with van der Waals surface area (Å²) in [4.78, 5) is 27.3. The van der Waals surface area contributed by atoms with E-state index in [9.17, 15) is 14.7 Å². The van der Waals surface area contributed by atoms with Crippen molar-refractivity contribution < 1.29 is 19.4 Å². The van der Waals surface area contributed by atoms with Gasteiger partial charge in [0.25, 0.3) is 0 Å². The molecule has 1 unspecified atom stereocenters. The molecule has 25 heavy (non-hydrogen) atoms. The van der Waals surface area contributed by atoms with E-state index in [1.807, 2.05) is 0 Å². The number of benzene rings is 2. The van der Waals surface area contributed by atoms with Crippen molar-refractivity contribution in [3.05, 3.63) is 60.2 Å². The fourth-order valence-electron chi connectivity index (χ4n) is 2.16. The topological polar surface area (TPSA) is 166 Å². The summed E-state index contributed by atoms with van der Waals surface area (Å²) in [5.74, 6) is -1.46. The van der Waals surface area contributed by atoms with E-state index in [2.05, 4.69) is 10.3 Å². The first kappa shape index (κ1) is 17.6. The molecule has 2 aromatic rings. The molecule has 0 fully saturated rings. The molecule has 2 rings (SSSR count). The van der Waals surface area contributed by atoms with Crippen LogP contribution in [0.5, 0.6) is 5.75 Å². The van der Waals surface area contributed by atoms with Crippen LogP contribution in [-0.4, -0.2) is 23.1 Å². The molecule has 0 radical (unpaired) electrons. The number of aliphatic imine (C=N–C) groups is 1. The molecule has 2 aromatic carbocycles. The Kier molecular flexibility index (Phi) is 5.08. The number of amides is 2. The first-order valence-electron chi connectivity index (χ1n) is 7.09. The average molecular weight is 343 g/mol. The SMILES string of the molecule is NC(=O)NC(Oc1ccccc1)(C(=O)O)c1cccc(N=C(N)N)c1. The molecule has 0 aromatic heterocycles. The molecule has 9 heteroatoms. The van der Waals surface area contributed by atoms with E-state index in [1.54, 1.807) is 36.4 Å². The third kappa shape index (κ3) is 4.16. The number of hydrogen-bond donors (Lipinski definition) is 5. The summed E-state index contributed by atoms with van der Waals surface area (Å²) >= 11 is 0. The zero-order chi connectivity index (χ0) is 18.4. The molecule has 8 N–H and O–H groups in total. The predicted molar refractivity (Wildman–Crippen MR) is 91.0 cm³/mol. The van der Waals surface area contributed by atoms with E-state index in [0.717, 1.165) is 0 Å². The lowest BCUT2D eigenvalue weighted by atomic mass is 10.0. The quantitative estimate of drug-likeness (QED) is 0.292. The smallest absolute Gasteiger partial charge is 0.375 e. The predicted octanol–water partition coefficient (Wildman–Crippen LogP) is 0.576. The highest BCUT2D eigenvalue weighted by Gasteiger charge is 2.45. The second-order valence-electron chi connectivity index (χ2n) is 4.98. The van der Waals surface area contributed by atoms with Gasteiger partial charge in [0.15, 0.2) is 5.96 Å². The van der Waals surface area contributed by atoms with Crippen molar-refractivity contribution in [2.75, 3.05) is 0 Å². The molecule has 0 aliphatic heterocycles. The van der Waals surface area contributed by atoms with E-state index in [1.165, 1.54) is 18.2 Å². The van der Waals surface area contributed by atoms with Crippen molar-refractivity contribution in [2.24, 2.45) is 22.2 Å². The Bertz CT molecular complexity index is 805. The molecule has 0 spiro atoms. The molecule has 0 saturated carbocycles. The second kappa shape index (κ2) is 7.21. The number of nitrogens with one attached hydrogen (secondary N) is 1. The van der Waals surface area contributed by atoms with Crippen LogP contribution in [0, 0.1) is 0 Å². The number of carboxylic acids is 1. The highest BCUT2D eigenvalue weighted by Crippen LogP contribution is 2.29. The number of nitrogens with zero attached hydrogens (tertiary/aromatic N) is 1. The standard InChI is InChI=1S/C16H17N5O4/c17-14(18)20-11-6-4-5-10(9-11)16(13(22)23,21-15(19)24)25-12-7-2-1-3-8-12/h1-9H,(H,22,23)(H4,17,18,20)(H3,19,21,24). The third-order valence-electron chi connectivity index (χ3n) is 3.13. The van der Waals surface area contributed by atoms with E-state index in [0.29, 0.717) is 0 Å². The van der Waals surface area contributed by atoms with Crippen molar-refractivity contribution >= 4 is 23.6 Å². The number of rotatable bonds is 6. The summed E-state index contributed by atoms with van der Waals surface area (Å²) in [6.07, 6.45) is 0. The molecule has 130 valence electrons. The van der Waals surface area contributed by atoms with Crippen LogP contribution in [-0.2, 0) is 10.5 Å². The van der Waals surface area contributed by atoms with Gasteiger partial charge < -0.3 is 27.0 Å². The van der Waals surface area contributed by atoms with Crippen molar-refractivity contribution in [1.29, 1.82) is 0 Å². The zero-order valence-corrected chi connectivity index (χ0v) is 13.0. The largest absolute Gasteiger partial charge is 0.477 e. The highest BCUT2D eigenvalue weighted by atomic mass is 16.5. The summed E-state index contributed by atoms with van der Waals surface area (Å²) in [5.41, 5.74) is 13.9. The van der Waals surface area contributed by atoms with Gasteiger partial charge >= 0.3 is 17.7 Å². The normalized spacial score (nSPS) is 12.5. The molecule has 0 bridgehead atoms. The molecule has 9 nitrogen and oxygen atoms in total. The highest BCUT2D eigenvalue weighted by molar-refractivity contribution is 5.86. The number of aliphatic carboxylic acids is 1. The van der Waals surface area contributed by atoms with Crippen LogP contribution >= 0.6 is 0 Å². The third-order valence-corrected chi connectivity index (χ3v) is 3.13. The molecule has 2 amide bonds. The van der Waals surface area contributed by atoms with Crippen LogP contribution < -0.4 is 27.3 Å². The van der Waals surface area contributed by atoms with Crippen molar-refractivity contribution in [2.45, 2.75) is 5.72 Å². The van der Waals surface area contributed by atoms with Gasteiger partial charge in [-0.05, 0) is 24.3 Å². The Morgan fingerprint density at radius 1 is 1.04 bits per heavy atom. The number of carboxylic acid groups (broad SMARTS) is 1. The van der Waals surface area contributed by atoms with Gasteiger partial charge in [-0.2, -0.15) is 0 Å². The first-order valence-corrected chi connectivity index (χ1v) is 7.09. The maximum Gasteiger partial charge on any atom is 0.375 e. The Morgan fingerprint density at radius 2 is 1.72 bits per heavy atom. The number of urea groups is 1. The number of carbonyl (C=O) groups is 2. The Labute approximate surface area is 143 Å². The molecular weight excluding hydrogens is 326 g/mol. The summed E-state index contributed by atoms with van der Waals surface area (Å²) in [6.45, 7) is 0. The van der Waals surface area contributed by atoms with Gasteiger partial charge in [0.1, 0.15) is 5.75 Å². The van der Waals surface area contributed by atoms with Gasteiger partial charge in [0.2, 0.25) is 0 Å². The minimum Gasteiger partial charge on any atom is -0.477 e. The van der Waals surface area contributed by atoms with Gasteiger partial charge in [-0.1, -0.05) is 30.3 Å². The van der Waals surface area contributed by atoms with E-state index in [-0.39, 0.29) is 23.0 Å². The molecule has 0 aliphatic rings. The fourth-order valence-corrected chi connectivity index (χ4v) is 2.16. The van der Waals surface area contributed by atoms with Crippen LogP contribution in [0.25, 0.3) is 0 Å². The summed E-state index contributed by atoms with van der Waals surface area (Å²) < 4.78 is 5.60. The summed E-state index contributed by atoms with van der Waals surface area (Å²) in [5, 5.41) is 11.9. The first-order chi connectivity index (χ1) is 11.8. The number of nitrogens with two attached hydrogens (primary N) is 3. The van der Waals surface area contributed by atoms with Crippen LogP contribution in [0.4, 0.5) is 10.5 Å². The molecule has 0 saturated heterocycles. The fraction of sp³-hybridized carbons (Fsp3) is 0.0625. The minimum atomic E-state index is -2.26. The van der Waals surface area contributed by atoms with Gasteiger partial charge in [-0.25, -0.2) is 14.6 Å². The molecule has 1 atom stereocenters. The van der Waals surface area contributed by atoms with Crippen molar-refractivity contribution in [3.63, 3.8) is 0 Å².